The summed E-state index contributed by atoms with van der Waals surface area (Å²) in [5.41, 5.74) is 1.45. The first kappa shape index (κ1) is 15.7. The van der Waals surface area contributed by atoms with Crippen molar-refractivity contribution in [3.8, 4) is 0 Å². The van der Waals surface area contributed by atoms with Crippen LogP contribution in [0.15, 0.2) is 12.1 Å². The van der Waals surface area contributed by atoms with E-state index in [-0.39, 0.29) is 24.0 Å². The molecule has 0 bridgehead atoms. The molecule has 1 heterocycles. The molecule has 0 spiro atoms. The van der Waals surface area contributed by atoms with Crippen molar-refractivity contribution in [2.24, 2.45) is 5.41 Å². The Kier molecular flexibility index (Phi) is 5.57. The molecule has 0 saturated heterocycles. The lowest BCUT2D eigenvalue weighted by Crippen LogP contribution is -2.40. The number of hydrogen-bond donors (Lipinski definition) is 3. The molecule has 19 heavy (non-hydrogen) atoms. The van der Waals surface area contributed by atoms with E-state index in [4.69, 9.17) is 5.11 Å². The van der Waals surface area contributed by atoms with Crippen LogP contribution in [-0.4, -0.2) is 35.8 Å². The summed E-state index contributed by atoms with van der Waals surface area (Å²) >= 11 is 0. The fourth-order valence-electron chi connectivity index (χ4n) is 1.98. The van der Waals surface area contributed by atoms with Crippen LogP contribution >= 0.6 is 0 Å². The minimum atomic E-state index is -0.367. The normalized spacial score (nSPS) is 13.3. The Balaban J connectivity index is 2.59. The summed E-state index contributed by atoms with van der Waals surface area (Å²) in [7, 11) is 1.36. The van der Waals surface area contributed by atoms with Gasteiger partial charge in [-0.25, -0.2) is 4.79 Å². The third kappa shape index (κ3) is 4.69. The lowest BCUT2D eigenvalue weighted by Gasteiger charge is -2.31. The van der Waals surface area contributed by atoms with Gasteiger partial charge in [0, 0.05) is 24.9 Å². The van der Waals surface area contributed by atoms with Gasteiger partial charge in [-0.15, -0.1) is 0 Å². The zero-order valence-corrected chi connectivity index (χ0v) is 12.1. The Morgan fingerprint density at radius 3 is 2.68 bits per heavy atom. The van der Waals surface area contributed by atoms with Gasteiger partial charge in [0.2, 0.25) is 0 Å². The standard InChI is InChI=1S/C14H24N2O3/c1-14(2,3)12(7-8-17)15-9-10-5-6-11(16-10)13(18)19-4/h5-6,12,15-17H,7-9H2,1-4H3. The van der Waals surface area contributed by atoms with Gasteiger partial charge < -0.3 is 20.1 Å². The number of nitrogens with one attached hydrogen (secondary N) is 2. The Bertz CT molecular complexity index is 407. The number of ether oxygens (including phenoxy) is 1. The zero-order valence-electron chi connectivity index (χ0n) is 12.1. The van der Waals surface area contributed by atoms with Gasteiger partial charge in [0.25, 0.3) is 0 Å². The second-order valence-corrected chi connectivity index (χ2v) is 5.70. The molecule has 1 aromatic rings. The molecule has 1 atom stereocenters. The van der Waals surface area contributed by atoms with Gasteiger partial charge in [-0.05, 0) is 24.0 Å². The van der Waals surface area contributed by atoms with Crippen molar-refractivity contribution in [2.75, 3.05) is 13.7 Å². The lowest BCUT2D eigenvalue weighted by molar-refractivity contribution is 0.0594. The quantitative estimate of drug-likeness (QED) is 0.686. The number of carbonyl (C=O) groups excluding carboxylic acids is 1. The zero-order chi connectivity index (χ0) is 14.5. The van der Waals surface area contributed by atoms with Crippen LogP contribution in [0.25, 0.3) is 0 Å². The lowest BCUT2D eigenvalue weighted by atomic mass is 9.85. The van der Waals surface area contributed by atoms with E-state index in [0.29, 0.717) is 18.7 Å². The summed E-state index contributed by atoms with van der Waals surface area (Å²) in [6.07, 6.45) is 0.702. The first-order valence-corrected chi connectivity index (χ1v) is 6.49. The Hall–Kier alpha value is -1.33. The number of H-pyrrole nitrogens is 1. The highest BCUT2D eigenvalue weighted by atomic mass is 16.5. The van der Waals surface area contributed by atoms with Gasteiger partial charge in [0.05, 0.1) is 7.11 Å². The molecule has 0 aliphatic heterocycles. The summed E-state index contributed by atoms with van der Waals surface area (Å²) < 4.78 is 4.64. The maximum absolute atomic E-state index is 11.3. The second-order valence-electron chi connectivity index (χ2n) is 5.70. The Labute approximate surface area is 114 Å². The molecule has 0 aliphatic rings. The molecule has 0 radical (unpaired) electrons. The molecule has 3 N–H and O–H groups in total. The van der Waals surface area contributed by atoms with E-state index in [1.807, 2.05) is 6.07 Å². The molecular weight excluding hydrogens is 244 g/mol. The summed E-state index contributed by atoms with van der Waals surface area (Å²) in [5.74, 6) is -0.367. The number of methoxy groups -OCH3 is 1. The molecule has 0 fully saturated rings. The van der Waals surface area contributed by atoms with Crippen molar-refractivity contribution in [2.45, 2.75) is 39.8 Å². The van der Waals surface area contributed by atoms with Gasteiger partial charge in [0.15, 0.2) is 0 Å². The highest BCUT2D eigenvalue weighted by molar-refractivity contribution is 5.87. The number of carbonyl (C=O) groups is 1. The monoisotopic (exact) mass is 268 g/mol. The van der Waals surface area contributed by atoms with Crippen molar-refractivity contribution in [3.05, 3.63) is 23.5 Å². The third-order valence-corrected chi connectivity index (χ3v) is 3.15. The fraction of sp³-hybridized carbons (Fsp3) is 0.643. The van der Waals surface area contributed by atoms with Crippen molar-refractivity contribution < 1.29 is 14.6 Å². The molecule has 0 aliphatic carbocycles. The SMILES string of the molecule is COC(=O)c1ccc(CNC(CCO)C(C)(C)C)[nH]1. The first-order valence-electron chi connectivity index (χ1n) is 6.49. The Morgan fingerprint density at radius 2 is 2.16 bits per heavy atom. The number of aliphatic hydroxyl groups is 1. The molecule has 0 aromatic carbocycles. The molecular formula is C14H24N2O3. The fourth-order valence-corrected chi connectivity index (χ4v) is 1.98. The summed E-state index contributed by atoms with van der Waals surface area (Å²) in [6, 6.07) is 3.78. The van der Waals surface area contributed by atoms with Crippen LogP contribution in [0.4, 0.5) is 0 Å². The first-order chi connectivity index (χ1) is 8.88. The Morgan fingerprint density at radius 1 is 1.47 bits per heavy atom. The van der Waals surface area contributed by atoms with Crippen LogP contribution in [-0.2, 0) is 11.3 Å². The van der Waals surface area contributed by atoms with Crippen LogP contribution < -0.4 is 5.32 Å². The van der Waals surface area contributed by atoms with Gasteiger partial charge in [0.1, 0.15) is 5.69 Å². The van der Waals surface area contributed by atoms with E-state index in [0.717, 1.165) is 5.69 Å². The highest BCUT2D eigenvalue weighted by Crippen LogP contribution is 2.22. The largest absolute Gasteiger partial charge is 0.464 e. The van der Waals surface area contributed by atoms with E-state index in [2.05, 4.69) is 35.8 Å². The molecule has 5 nitrogen and oxygen atoms in total. The number of aromatic nitrogens is 1. The average molecular weight is 268 g/mol. The molecule has 1 rings (SSSR count). The summed E-state index contributed by atoms with van der Waals surface area (Å²) in [6.45, 7) is 7.19. The number of esters is 1. The van der Waals surface area contributed by atoms with E-state index >= 15 is 0 Å². The van der Waals surface area contributed by atoms with E-state index in [9.17, 15) is 4.79 Å². The maximum atomic E-state index is 11.3. The minimum Gasteiger partial charge on any atom is -0.464 e. The topological polar surface area (TPSA) is 74.3 Å². The van der Waals surface area contributed by atoms with Gasteiger partial charge >= 0.3 is 5.97 Å². The van der Waals surface area contributed by atoms with Crippen molar-refractivity contribution in [1.82, 2.24) is 10.3 Å². The molecule has 108 valence electrons. The van der Waals surface area contributed by atoms with Crippen LogP contribution in [0.2, 0.25) is 0 Å². The molecule has 1 aromatic heterocycles. The smallest absolute Gasteiger partial charge is 0.354 e. The van der Waals surface area contributed by atoms with E-state index in [1.165, 1.54) is 7.11 Å². The summed E-state index contributed by atoms with van der Waals surface area (Å²) in [5, 5.41) is 12.5. The molecule has 0 amide bonds. The molecule has 1 unspecified atom stereocenters. The van der Waals surface area contributed by atoms with Crippen LogP contribution in [0.5, 0.6) is 0 Å². The van der Waals surface area contributed by atoms with E-state index < -0.39 is 0 Å². The maximum Gasteiger partial charge on any atom is 0.354 e. The van der Waals surface area contributed by atoms with Gasteiger partial charge in [-0.3, -0.25) is 0 Å². The van der Waals surface area contributed by atoms with Gasteiger partial charge in [-0.2, -0.15) is 0 Å². The number of aliphatic hydroxyl groups excluding tert-OH is 1. The highest BCUT2D eigenvalue weighted by Gasteiger charge is 2.23. The van der Waals surface area contributed by atoms with Crippen LogP contribution in [0.3, 0.4) is 0 Å². The number of rotatable bonds is 6. The third-order valence-electron chi connectivity index (χ3n) is 3.15. The van der Waals surface area contributed by atoms with Crippen LogP contribution in [0, 0.1) is 5.41 Å². The van der Waals surface area contributed by atoms with E-state index in [1.54, 1.807) is 6.07 Å². The minimum absolute atomic E-state index is 0.0699. The van der Waals surface area contributed by atoms with Crippen molar-refractivity contribution in [3.63, 3.8) is 0 Å². The molecule has 0 saturated carbocycles. The van der Waals surface area contributed by atoms with Crippen molar-refractivity contribution >= 4 is 5.97 Å². The van der Waals surface area contributed by atoms with Gasteiger partial charge in [-0.1, -0.05) is 20.8 Å². The number of aromatic amines is 1. The van der Waals surface area contributed by atoms with Crippen LogP contribution in [0.1, 0.15) is 43.4 Å². The summed E-state index contributed by atoms with van der Waals surface area (Å²) in [4.78, 5) is 14.3. The predicted octanol–water partition coefficient (Wildman–Crippen LogP) is 1.69. The molecule has 5 heteroatoms. The van der Waals surface area contributed by atoms with Crippen molar-refractivity contribution in [1.29, 1.82) is 0 Å². The average Bonchev–Trinajstić information content (AvgIpc) is 2.80. The second kappa shape index (κ2) is 6.73. The predicted molar refractivity (Wildman–Crippen MR) is 73.9 cm³/mol. The number of hydrogen-bond acceptors (Lipinski definition) is 4.